The summed E-state index contributed by atoms with van der Waals surface area (Å²) in [6.07, 6.45) is 5.60. The minimum Gasteiger partial charge on any atom is -1.00 e. The highest BCUT2D eigenvalue weighted by Crippen LogP contribution is 2.40. The zero-order valence-electron chi connectivity index (χ0n) is 19.3. The fourth-order valence-electron chi connectivity index (χ4n) is 5.60. The van der Waals surface area contributed by atoms with Gasteiger partial charge in [-0.25, -0.2) is 4.79 Å². The van der Waals surface area contributed by atoms with Crippen LogP contribution in [0.4, 0.5) is 0 Å². The fourth-order valence-corrected chi connectivity index (χ4v) is 7.32. The van der Waals surface area contributed by atoms with Gasteiger partial charge in [0, 0.05) is 18.8 Å². The smallest absolute Gasteiger partial charge is 0.349 e. The third-order valence-electron chi connectivity index (χ3n) is 7.54. The Hall–Kier alpha value is -1.51. The topological polar surface area (TPSA) is 46.5 Å². The number of fused-ring (bicyclic) bond motifs is 3. The van der Waals surface area contributed by atoms with Crippen LogP contribution in [0.3, 0.4) is 0 Å². The average Bonchev–Trinajstić information content (AvgIpc) is 3.58. The van der Waals surface area contributed by atoms with E-state index in [0.717, 1.165) is 36.8 Å². The maximum atomic E-state index is 13.5. The van der Waals surface area contributed by atoms with Crippen molar-refractivity contribution in [3.8, 4) is 0 Å². The van der Waals surface area contributed by atoms with Crippen LogP contribution in [0.25, 0.3) is 0 Å². The summed E-state index contributed by atoms with van der Waals surface area (Å²) in [7, 11) is 0. The van der Waals surface area contributed by atoms with Crippen molar-refractivity contribution in [3.63, 3.8) is 0 Å². The van der Waals surface area contributed by atoms with E-state index in [2.05, 4.69) is 30.3 Å². The summed E-state index contributed by atoms with van der Waals surface area (Å²) >= 11 is 2.79. The molecule has 4 nitrogen and oxygen atoms in total. The number of nitrogens with zero attached hydrogens (tertiary/aromatic N) is 1. The summed E-state index contributed by atoms with van der Waals surface area (Å²) in [5, 5.41) is 15.4. The SMILES string of the molecule is O=C(O[C@H]1C[N+]2(CCCCc3ccccc3)CCC1CC2)C(O)(c1cccs1)c1cccs1.[Br-]. The molecule has 1 N–H and O–H groups in total. The van der Waals surface area contributed by atoms with Crippen LogP contribution in [0.15, 0.2) is 65.4 Å². The third-order valence-corrected chi connectivity index (χ3v) is 9.50. The van der Waals surface area contributed by atoms with E-state index >= 15 is 0 Å². The van der Waals surface area contributed by atoms with Crippen LogP contribution in [-0.4, -0.2) is 47.8 Å². The Bertz CT molecular complexity index is 997. The van der Waals surface area contributed by atoms with Crippen LogP contribution in [0.5, 0.6) is 0 Å². The molecule has 5 heterocycles. The van der Waals surface area contributed by atoms with E-state index in [1.54, 1.807) is 0 Å². The lowest BCUT2D eigenvalue weighted by Crippen LogP contribution is -3.00. The number of unbranched alkanes of at least 4 members (excludes halogenated alkanes) is 1. The summed E-state index contributed by atoms with van der Waals surface area (Å²) in [5.41, 5.74) is -0.308. The van der Waals surface area contributed by atoms with Crippen LogP contribution >= 0.6 is 22.7 Å². The molecule has 7 heteroatoms. The molecule has 1 atom stereocenters. The largest absolute Gasteiger partial charge is 1.00 e. The minimum atomic E-state index is -1.71. The van der Waals surface area contributed by atoms with Crippen LogP contribution in [-0.2, 0) is 21.6 Å². The van der Waals surface area contributed by atoms with Crippen molar-refractivity contribution in [2.24, 2.45) is 5.92 Å². The molecule has 3 aliphatic rings. The van der Waals surface area contributed by atoms with Crippen LogP contribution in [0.2, 0.25) is 0 Å². The molecular weight excluding hydrogens is 530 g/mol. The first-order valence-corrected chi connectivity index (χ1v) is 13.8. The Kier molecular flexibility index (Phi) is 8.31. The Labute approximate surface area is 220 Å². The summed E-state index contributed by atoms with van der Waals surface area (Å²) < 4.78 is 7.20. The molecule has 3 aromatic rings. The number of carbonyl (C=O) groups excluding carboxylic acids is 1. The number of aliphatic hydroxyl groups is 1. The molecule has 2 aromatic heterocycles. The second-order valence-corrected chi connectivity index (χ2v) is 11.5. The monoisotopic (exact) mass is 561 g/mol. The van der Waals surface area contributed by atoms with Gasteiger partial charge in [-0.2, -0.15) is 0 Å². The van der Waals surface area contributed by atoms with Gasteiger partial charge in [-0.3, -0.25) is 0 Å². The number of benzene rings is 1. The summed E-state index contributed by atoms with van der Waals surface area (Å²) in [5.74, 6) is -0.109. The van der Waals surface area contributed by atoms with Crippen molar-refractivity contribution in [2.45, 2.75) is 43.8 Å². The highest BCUT2D eigenvalue weighted by Gasteiger charge is 2.51. The number of hydrogen-bond donors (Lipinski definition) is 1. The standard InChI is InChI=1S/C27H32NO3S2.BrH/c29-26(27(30,24-11-6-18-32-24)25-12-7-19-33-25)31-23-20-28(16-13-22(23)14-17-28)15-5-4-10-21-8-2-1-3-9-21;/h1-3,6-9,11-12,18-19,22-23,30H,4-5,10,13-17,20H2;1H/q+1;/p-1/t22?,23-,28?;/m0./s1. The van der Waals surface area contributed by atoms with Gasteiger partial charge in [-0.05, 0) is 47.7 Å². The van der Waals surface area contributed by atoms with Crippen molar-refractivity contribution < 1.29 is 36.1 Å². The lowest BCUT2D eigenvalue weighted by molar-refractivity contribution is -0.946. The molecular formula is C27H32BrNO3S2. The van der Waals surface area contributed by atoms with Gasteiger partial charge in [0.05, 0.1) is 29.4 Å². The third kappa shape index (κ3) is 5.19. The number of piperidine rings is 3. The molecule has 0 saturated carbocycles. The predicted octanol–water partition coefficient (Wildman–Crippen LogP) is 2.22. The second kappa shape index (κ2) is 11.0. The van der Waals surface area contributed by atoms with E-state index in [4.69, 9.17) is 4.74 Å². The molecule has 3 saturated heterocycles. The normalized spacial score (nSPS) is 23.9. The van der Waals surface area contributed by atoms with Gasteiger partial charge in [-0.1, -0.05) is 42.5 Å². The van der Waals surface area contributed by atoms with Gasteiger partial charge >= 0.3 is 5.97 Å². The van der Waals surface area contributed by atoms with E-state index < -0.39 is 11.6 Å². The number of hydrogen-bond acceptors (Lipinski definition) is 5. The summed E-state index contributed by atoms with van der Waals surface area (Å²) in [6, 6.07) is 18.1. The van der Waals surface area contributed by atoms with E-state index in [0.29, 0.717) is 15.7 Å². The van der Waals surface area contributed by atoms with Crippen LogP contribution < -0.4 is 17.0 Å². The molecule has 0 amide bonds. The molecule has 0 aliphatic carbocycles. The van der Waals surface area contributed by atoms with Crippen LogP contribution in [0.1, 0.15) is 41.0 Å². The van der Waals surface area contributed by atoms with Crippen molar-refractivity contribution in [2.75, 3.05) is 26.2 Å². The van der Waals surface area contributed by atoms with Gasteiger partial charge in [0.25, 0.3) is 0 Å². The Morgan fingerprint density at radius 1 is 0.971 bits per heavy atom. The molecule has 3 fully saturated rings. The highest BCUT2D eigenvalue weighted by molar-refractivity contribution is 7.12. The van der Waals surface area contributed by atoms with Crippen molar-refractivity contribution in [1.82, 2.24) is 0 Å². The molecule has 1 aromatic carbocycles. The maximum Gasteiger partial charge on any atom is 0.349 e. The predicted molar refractivity (Wildman–Crippen MR) is 133 cm³/mol. The average molecular weight is 563 g/mol. The molecule has 182 valence electrons. The number of thiophene rings is 2. The molecule has 0 spiro atoms. The van der Waals surface area contributed by atoms with E-state index in [-0.39, 0.29) is 23.1 Å². The van der Waals surface area contributed by atoms with Crippen molar-refractivity contribution >= 4 is 28.6 Å². The molecule has 2 bridgehead atoms. The number of quaternary nitrogens is 1. The molecule has 6 rings (SSSR count). The van der Waals surface area contributed by atoms with Gasteiger partial charge in [0.15, 0.2) is 6.10 Å². The Morgan fingerprint density at radius 3 is 2.21 bits per heavy atom. The number of carbonyl (C=O) groups is 1. The Morgan fingerprint density at radius 2 is 1.62 bits per heavy atom. The number of aryl methyl sites for hydroxylation is 1. The van der Waals surface area contributed by atoms with Crippen molar-refractivity contribution in [1.29, 1.82) is 0 Å². The quantitative estimate of drug-likeness (QED) is 0.247. The lowest BCUT2D eigenvalue weighted by Gasteiger charge is -2.52. The first-order chi connectivity index (χ1) is 16.1. The molecule has 0 radical (unpaired) electrons. The molecule has 0 unspecified atom stereocenters. The van der Waals surface area contributed by atoms with E-state index in [1.165, 1.54) is 54.2 Å². The minimum absolute atomic E-state index is 0. The van der Waals surface area contributed by atoms with Crippen LogP contribution in [0, 0.1) is 5.92 Å². The lowest BCUT2D eigenvalue weighted by atomic mass is 9.82. The summed E-state index contributed by atoms with van der Waals surface area (Å²) in [6.45, 7) is 4.40. The van der Waals surface area contributed by atoms with Gasteiger partial charge in [0.2, 0.25) is 5.60 Å². The molecule has 3 aliphatic heterocycles. The number of rotatable bonds is 9. The number of ether oxygens (including phenoxy) is 1. The summed E-state index contributed by atoms with van der Waals surface area (Å²) in [4.78, 5) is 14.7. The number of halogens is 1. The first kappa shape index (κ1) is 25.6. The van der Waals surface area contributed by atoms with Gasteiger partial charge < -0.3 is 31.3 Å². The maximum absolute atomic E-state index is 13.5. The first-order valence-electron chi connectivity index (χ1n) is 12.0. The van der Waals surface area contributed by atoms with Gasteiger partial charge in [0.1, 0.15) is 6.54 Å². The fraction of sp³-hybridized carbons (Fsp3) is 0.444. The second-order valence-electron chi connectivity index (χ2n) is 9.58. The van der Waals surface area contributed by atoms with Crippen molar-refractivity contribution in [3.05, 3.63) is 80.7 Å². The Balaban J connectivity index is 0.00000274. The highest BCUT2D eigenvalue weighted by atomic mass is 79.9. The zero-order valence-corrected chi connectivity index (χ0v) is 22.5. The van der Waals surface area contributed by atoms with E-state index in [1.807, 2.05) is 35.0 Å². The van der Waals surface area contributed by atoms with E-state index in [9.17, 15) is 9.90 Å². The zero-order chi connectivity index (χ0) is 22.7. The van der Waals surface area contributed by atoms with Gasteiger partial charge in [-0.15, -0.1) is 22.7 Å². The molecule has 34 heavy (non-hydrogen) atoms. The number of esters is 1.